The highest BCUT2D eigenvalue weighted by Crippen LogP contribution is 2.57. The zero-order valence-corrected chi connectivity index (χ0v) is 39.2. The van der Waals surface area contributed by atoms with Gasteiger partial charge in [-0.15, -0.1) is 11.3 Å². The van der Waals surface area contributed by atoms with Crippen molar-refractivity contribution in [2.75, 3.05) is 4.90 Å². The fourth-order valence-corrected chi connectivity index (χ4v) is 11.8. The summed E-state index contributed by atoms with van der Waals surface area (Å²) in [5.74, 6) is 0.00902. The zero-order chi connectivity index (χ0) is 46.0. The molecule has 2 heteroatoms. The summed E-state index contributed by atoms with van der Waals surface area (Å²) in [6.45, 7) is 8.62. The van der Waals surface area contributed by atoms with E-state index in [0.29, 0.717) is 0 Å². The highest BCUT2D eigenvalue weighted by molar-refractivity contribution is 7.17. The minimum atomic E-state index is -0.553. The first-order valence-corrected chi connectivity index (χ1v) is 24.3. The van der Waals surface area contributed by atoms with E-state index in [-0.39, 0.29) is 5.92 Å². The van der Waals surface area contributed by atoms with Crippen LogP contribution in [-0.2, 0) is 5.41 Å². The number of nitrogens with zero attached hydrogens (tertiary/aromatic N) is 1. The second-order valence-corrected chi connectivity index (χ2v) is 18.8. The van der Waals surface area contributed by atoms with Crippen molar-refractivity contribution in [1.29, 1.82) is 0 Å². The standard InChI is InChI=1S/C66H51NS/c1-4-19-60-59-29-15-17-31-64(59)68-65(60)47(3)57(42-32-48-21-18-20-46(2)44-48)51-35-43-63-61(45-51)58-28-14-16-30-62(58)66(63,52-24-10-6-11-25-52)53-36-40-56(41-37-53)67(54-26-12-7-13-27-54)55-38-33-50(34-39-55)49-22-8-5-9-23-49/h4-45,57H,1H2,2-3H3. The van der Waals surface area contributed by atoms with E-state index in [4.69, 9.17) is 0 Å². The molecule has 0 radical (unpaired) electrons. The van der Waals surface area contributed by atoms with E-state index in [1.54, 1.807) is 0 Å². The van der Waals surface area contributed by atoms with Gasteiger partial charge in [0.25, 0.3) is 0 Å². The van der Waals surface area contributed by atoms with Crippen LogP contribution in [0, 0.1) is 6.92 Å². The lowest BCUT2D eigenvalue weighted by atomic mass is 9.67. The number of anilines is 3. The van der Waals surface area contributed by atoms with Crippen molar-refractivity contribution in [3.63, 3.8) is 0 Å². The van der Waals surface area contributed by atoms with Crippen LogP contribution in [0.1, 0.15) is 51.8 Å². The monoisotopic (exact) mass is 889 g/mol. The van der Waals surface area contributed by atoms with E-state index in [2.05, 4.69) is 274 Å². The predicted octanol–water partition coefficient (Wildman–Crippen LogP) is 16.3. The summed E-state index contributed by atoms with van der Waals surface area (Å²) in [6.07, 6.45) is 8.82. The Bertz CT molecular complexity index is 3590. The number of rotatable bonds is 11. The number of benzene rings is 9. The molecule has 0 saturated carbocycles. The predicted molar refractivity (Wildman–Crippen MR) is 292 cm³/mol. The summed E-state index contributed by atoms with van der Waals surface area (Å²) in [6, 6.07) is 84.5. The van der Waals surface area contributed by atoms with Crippen molar-refractivity contribution in [1.82, 2.24) is 0 Å². The molecule has 0 aliphatic heterocycles. The maximum atomic E-state index is 4.13. The van der Waals surface area contributed by atoms with Gasteiger partial charge in [-0.25, -0.2) is 0 Å². The maximum absolute atomic E-state index is 4.13. The fourth-order valence-electron chi connectivity index (χ4n) is 10.6. The molecule has 1 aliphatic rings. The van der Waals surface area contributed by atoms with Gasteiger partial charge in [0.05, 0.1) is 5.41 Å². The quantitative estimate of drug-likeness (QED) is 0.125. The third-order valence-electron chi connectivity index (χ3n) is 13.7. The molecule has 0 N–H and O–H groups in total. The Hall–Kier alpha value is -8.04. The van der Waals surface area contributed by atoms with Crippen LogP contribution in [0.4, 0.5) is 17.1 Å². The fraction of sp³-hybridized carbons (Fsp3) is 0.0606. The molecule has 0 saturated heterocycles. The van der Waals surface area contributed by atoms with Gasteiger partial charge in [0, 0.05) is 42.8 Å². The first kappa shape index (κ1) is 42.6. The Labute approximate surface area is 404 Å². The van der Waals surface area contributed by atoms with Gasteiger partial charge >= 0.3 is 0 Å². The van der Waals surface area contributed by atoms with Gasteiger partial charge < -0.3 is 4.90 Å². The van der Waals surface area contributed by atoms with E-state index >= 15 is 0 Å². The summed E-state index contributed by atoms with van der Waals surface area (Å²) < 4.78 is 2.58. The van der Waals surface area contributed by atoms with Crippen LogP contribution in [0.25, 0.3) is 50.1 Å². The van der Waals surface area contributed by atoms with Gasteiger partial charge in [0.2, 0.25) is 0 Å². The van der Waals surface area contributed by atoms with Crippen molar-refractivity contribution in [2.45, 2.75) is 25.2 Å². The Balaban J connectivity index is 1.08. The first-order chi connectivity index (χ1) is 33.5. The zero-order valence-electron chi connectivity index (χ0n) is 38.4. The molecule has 11 rings (SSSR count). The van der Waals surface area contributed by atoms with Gasteiger partial charge in [-0.2, -0.15) is 0 Å². The van der Waals surface area contributed by atoms with Gasteiger partial charge in [0.1, 0.15) is 0 Å². The second kappa shape index (κ2) is 18.3. The largest absolute Gasteiger partial charge is 0.311 e. The molecule has 0 spiro atoms. The SMILES string of the molecule is C=CC=c1c(=C(C)C(C=Cc2cccc(C)c2)c2ccc3c(c2)-c2ccccc2C3(c2ccccc2)c2ccc(N(c3ccccc3)c3ccc(-c4ccccc4)cc3)cc2)sc2ccccc12. The molecule has 1 aliphatic carbocycles. The van der Waals surface area contributed by atoms with Crippen molar-refractivity contribution in [2.24, 2.45) is 0 Å². The summed E-state index contributed by atoms with van der Waals surface area (Å²) in [7, 11) is 0. The number of allylic oxidation sites excluding steroid dienone is 2. The Kier molecular flexibility index (Phi) is 11.5. The molecule has 1 heterocycles. The number of hydrogen-bond donors (Lipinski definition) is 0. The molecule has 2 unspecified atom stereocenters. The molecule has 9 aromatic carbocycles. The molecular formula is C66H51NS. The van der Waals surface area contributed by atoms with Crippen LogP contribution >= 0.6 is 11.3 Å². The van der Waals surface area contributed by atoms with E-state index < -0.39 is 5.41 Å². The van der Waals surface area contributed by atoms with Crippen molar-refractivity contribution < 1.29 is 0 Å². The molecule has 1 nitrogen and oxygen atoms in total. The van der Waals surface area contributed by atoms with E-state index in [0.717, 1.165) is 17.1 Å². The lowest BCUT2D eigenvalue weighted by molar-refractivity contribution is 0.768. The molecule has 2 atom stereocenters. The maximum Gasteiger partial charge on any atom is 0.0713 e. The number of fused-ring (bicyclic) bond motifs is 4. The number of para-hydroxylation sites is 1. The number of thiophene rings is 1. The molecule has 1 aromatic heterocycles. The van der Waals surface area contributed by atoms with Crippen LogP contribution in [0.15, 0.2) is 249 Å². The third kappa shape index (κ3) is 7.63. The van der Waals surface area contributed by atoms with Crippen LogP contribution in [-0.4, -0.2) is 0 Å². The van der Waals surface area contributed by atoms with Crippen LogP contribution in [0.3, 0.4) is 0 Å². The summed E-state index contributed by atoms with van der Waals surface area (Å²) >= 11 is 1.87. The number of aryl methyl sites for hydroxylation is 1. The molecule has 0 bridgehead atoms. The lowest BCUT2D eigenvalue weighted by Crippen LogP contribution is -2.28. The summed E-state index contributed by atoms with van der Waals surface area (Å²) in [5.41, 5.74) is 17.8. The average Bonchev–Trinajstić information content (AvgIpc) is 3.91. The normalized spacial score (nSPS) is 15.2. The highest BCUT2D eigenvalue weighted by atomic mass is 32.1. The Morgan fingerprint density at radius 1 is 0.544 bits per heavy atom. The summed E-state index contributed by atoms with van der Waals surface area (Å²) in [5, 5.41) is 2.50. The van der Waals surface area contributed by atoms with Crippen LogP contribution in [0.2, 0.25) is 0 Å². The highest BCUT2D eigenvalue weighted by Gasteiger charge is 2.46. The van der Waals surface area contributed by atoms with E-state index in [1.807, 2.05) is 17.4 Å². The van der Waals surface area contributed by atoms with Gasteiger partial charge in [0.15, 0.2) is 0 Å². The Morgan fingerprint density at radius 3 is 1.88 bits per heavy atom. The van der Waals surface area contributed by atoms with Crippen molar-refractivity contribution >= 4 is 56.2 Å². The summed E-state index contributed by atoms with van der Waals surface area (Å²) in [4.78, 5) is 2.36. The molecule has 0 fully saturated rings. The minimum Gasteiger partial charge on any atom is -0.311 e. The first-order valence-electron chi connectivity index (χ1n) is 23.5. The average molecular weight is 890 g/mol. The Morgan fingerprint density at radius 2 is 1.15 bits per heavy atom. The van der Waals surface area contributed by atoms with Gasteiger partial charge in [-0.1, -0.05) is 218 Å². The lowest BCUT2D eigenvalue weighted by Gasteiger charge is -2.34. The number of hydrogen-bond acceptors (Lipinski definition) is 2. The van der Waals surface area contributed by atoms with Gasteiger partial charge in [-0.05, 0) is 124 Å². The van der Waals surface area contributed by atoms with Crippen LogP contribution < -0.4 is 14.7 Å². The van der Waals surface area contributed by atoms with Crippen molar-refractivity contribution in [3.8, 4) is 22.3 Å². The second-order valence-electron chi connectivity index (χ2n) is 17.8. The van der Waals surface area contributed by atoms with E-state index in [1.165, 1.54) is 86.6 Å². The topological polar surface area (TPSA) is 3.24 Å². The molecule has 68 heavy (non-hydrogen) atoms. The molecular weight excluding hydrogens is 839 g/mol. The van der Waals surface area contributed by atoms with Crippen molar-refractivity contribution in [3.05, 3.63) is 298 Å². The third-order valence-corrected chi connectivity index (χ3v) is 15.0. The molecule has 10 aromatic rings. The van der Waals surface area contributed by atoms with Crippen LogP contribution in [0.5, 0.6) is 0 Å². The molecule has 0 amide bonds. The van der Waals surface area contributed by atoms with E-state index in [9.17, 15) is 0 Å². The molecule has 326 valence electrons. The minimum absolute atomic E-state index is 0.00902. The smallest absolute Gasteiger partial charge is 0.0713 e. The van der Waals surface area contributed by atoms with Gasteiger partial charge in [-0.3, -0.25) is 0 Å².